The van der Waals surface area contributed by atoms with Crippen molar-refractivity contribution in [1.82, 2.24) is 31.3 Å². The number of amides is 4. The van der Waals surface area contributed by atoms with E-state index in [1.807, 2.05) is 30.3 Å². The fourth-order valence-corrected chi connectivity index (χ4v) is 6.88. The number of aromatic nitrogens is 1. The second-order valence-electron chi connectivity index (χ2n) is 12.9. The minimum Gasteiger partial charge on any atom is -0.445 e. The Labute approximate surface area is 270 Å². The number of aryl methyl sites for hydroxylation is 1. The molecule has 2 fully saturated rings. The van der Waals surface area contributed by atoms with E-state index in [0.717, 1.165) is 24.9 Å². The van der Waals surface area contributed by atoms with Crippen LogP contribution in [-0.2, 0) is 27.5 Å². The average Bonchev–Trinajstić information content (AvgIpc) is 3.72. The van der Waals surface area contributed by atoms with Crippen molar-refractivity contribution in [3.05, 3.63) is 52.9 Å². The van der Waals surface area contributed by atoms with E-state index in [-0.39, 0.29) is 60.6 Å². The zero-order valence-electron chi connectivity index (χ0n) is 26.9. The van der Waals surface area contributed by atoms with E-state index >= 15 is 0 Å². The molecule has 0 unspecified atom stereocenters. The Balaban J connectivity index is 1.23. The van der Waals surface area contributed by atoms with Crippen LogP contribution in [0.25, 0.3) is 0 Å². The number of piperidine rings is 1. The highest BCUT2D eigenvalue weighted by atomic mass is 16.6. The van der Waals surface area contributed by atoms with Gasteiger partial charge in [0.1, 0.15) is 18.2 Å². The molecule has 1 saturated heterocycles. The van der Waals surface area contributed by atoms with Crippen LogP contribution in [0.1, 0.15) is 91.6 Å². The van der Waals surface area contributed by atoms with Crippen LogP contribution in [0.15, 0.2) is 34.9 Å². The zero-order valence-corrected chi connectivity index (χ0v) is 26.9. The summed E-state index contributed by atoms with van der Waals surface area (Å²) in [5.74, 6) is -0.612. The fourth-order valence-electron chi connectivity index (χ4n) is 6.88. The van der Waals surface area contributed by atoms with Crippen LogP contribution in [0.3, 0.4) is 0 Å². The van der Waals surface area contributed by atoms with Gasteiger partial charge in [-0.2, -0.15) is 0 Å². The van der Waals surface area contributed by atoms with Gasteiger partial charge in [-0.15, -0.1) is 0 Å². The van der Waals surface area contributed by atoms with Crippen molar-refractivity contribution in [2.45, 2.75) is 96.4 Å². The molecule has 0 spiro atoms. The van der Waals surface area contributed by atoms with Crippen LogP contribution >= 0.6 is 0 Å². The molecule has 46 heavy (non-hydrogen) atoms. The molecule has 4 N–H and O–H groups in total. The number of rotatable bonds is 8. The van der Waals surface area contributed by atoms with Crippen molar-refractivity contribution in [3.8, 4) is 0 Å². The number of hydrogen-bond acceptors (Lipinski definition) is 8. The molecule has 5 rings (SSSR count). The summed E-state index contributed by atoms with van der Waals surface area (Å²) in [4.78, 5) is 54.6. The highest BCUT2D eigenvalue weighted by molar-refractivity contribution is 5.99. The topological polar surface area (TPSA) is 155 Å². The zero-order chi connectivity index (χ0) is 32.3. The Morgan fingerprint density at radius 1 is 1.04 bits per heavy atom. The summed E-state index contributed by atoms with van der Waals surface area (Å²) in [7, 11) is 0. The molecule has 4 amide bonds. The molecule has 0 radical (unpaired) electrons. The van der Waals surface area contributed by atoms with Gasteiger partial charge in [-0.1, -0.05) is 48.3 Å². The van der Waals surface area contributed by atoms with Crippen LogP contribution < -0.4 is 21.3 Å². The lowest BCUT2D eigenvalue weighted by molar-refractivity contribution is -0.124. The SMILES string of the molecule is Cc1noc2c1C(=O)N[C@@H](CCCCNC1CCCC1)C(=O)NCC[C@H]1CN(C(=O)OCc3ccccc3)CC[C@H]1CC(=O)NC2. The van der Waals surface area contributed by atoms with Gasteiger partial charge >= 0.3 is 6.09 Å². The van der Waals surface area contributed by atoms with Gasteiger partial charge in [-0.05, 0) is 75.8 Å². The molecule has 3 atom stereocenters. The van der Waals surface area contributed by atoms with E-state index in [1.165, 1.54) is 25.7 Å². The number of carbonyl (C=O) groups is 4. The number of likely N-dealkylation sites (tertiary alicyclic amines) is 1. The Morgan fingerprint density at radius 3 is 2.65 bits per heavy atom. The number of ether oxygens (including phenoxy) is 1. The van der Waals surface area contributed by atoms with Gasteiger partial charge in [-0.25, -0.2) is 4.79 Å². The standard InChI is InChI=1S/C34H48N6O6/c1-23-31-29(46-39-23)20-37-30(41)19-25-15-18-40(34(44)45-22-24-9-3-2-4-10-24)21-26(25)14-17-36-32(42)28(38-33(31)43)13-7-8-16-35-27-11-5-6-12-27/h2-4,9-10,25-28,35H,5-8,11-22H2,1H3,(H,36,42)(H,37,41)(H,38,43)/t25-,26-,28-/m0/s1. The lowest BCUT2D eigenvalue weighted by Gasteiger charge is -2.38. The second kappa shape index (κ2) is 16.6. The molecule has 2 aliphatic heterocycles. The van der Waals surface area contributed by atoms with Crippen LogP contribution in [0, 0.1) is 18.8 Å². The van der Waals surface area contributed by atoms with Crippen molar-refractivity contribution in [1.29, 1.82) is 0 Å². The van der Waals surface area contributed by atoms with Crippen molar-refractivity contribution >= 4 is 23.8 Å². The summed E-state index contributed by atoms with van der Waals surface area (Å²) in [5, 5.41) is 16.4. The molecule has 1 saturated carbocycles. The third kappa shape index (κ3) is 9.31. The van der Waals surface area contributed by atoms with Gasteiger partial charge in [0, 0.05) is 32.1 Å². The molecule has 250 valence electrons. The van der Waals surface area contributed by atoms with Crippen molar-refractivity contribution in [3.63, 3.8) is 0 Å². The summed E-state index contributed by atoms with van der Waals surface area (Å²) in [6, 6.07) is 9.39. The molecule has 12 heteroatoms. The van der Waals surface area contributed by atoms with Crippen LogP contribution in [0.4, 0.5) is 4.79 Å². The molecule has 3 aliphatic rings. The molecule has 1 aromatic carbocycles. The minimum atomic E-state index is -0.729. The highest BCUT2D eigenvalue weighted by Crippen LogP contribution is 2.30. The smallest absolute Gasteiger partial charge is 0.410 e. The number of fused-ring (bicyclic) bond motifs is 2. The van der Waals surface area contributed by atoms with E-state index in [2.05, 4.69) is 26.4 Å². The average molecular weight is 637 g/mol. The van der Waals surface area contributed by atoms with E-state index in [9.17, 15) is 19.2 Å². The summed E-state index contributed by atoms with van der Waals surface area (Å²) >= 11 is 0. The highest BCUT2D eigenvalue weighted by Gasteiger charge is 2.34. The molecular weight excluding hydrogens is 588 g/mol. The molecule has 12 nitrogen and oxygen atoms in total. The lowest BCUT2D eigenvalue weighted by Crippen LogP contribution is -2.48. The van der Waals surface area contributed by atoms with Gasteiger partial charge in [-0.3, -0.25) is 14.4 Å². The predicted molar refractivity (Wildman–Crippen MR) is 170 cm³/mol. The van der Waals surface area contributed by atoms with Crippen molar-refractivity contribution < 1.29 is 28.4 Å². The summed E-state index contributed by atoms with van der Waals surface area (Å²) < 4.78 is 11.0. The van der Waals surface area contributed by atoms with E-state index in [1.54, 1.807) is 11.8 Å². The van der Waals surface area contributed by atoms with Gasteiger partial charge in [0.05, 0.1) is 12.2 Å². The normalized spacial score (nSPS) is 23.3. The first-order chi connectivity index (χ1) is 22.4. The van der Waals surface area contributed by atoms with Crippen molar-refractivity contribution in [2.75, 3.05) is 26.2 Å². The van der Waals surface area contributed by atoms with Gasteiger partial charge in [0.25, 0.3) is 5.91 Å². The molecule has 0 bridgehead atoms. The maximum absolute atomic E-state index is 13.5. The largest absolute Gasteiger partial charge is 0.445 e. The summed E-state index contributed by atoms with van der Waals surface area (Å²) in [6.45, 7) is 4.04. The van der Waals surface area contributed by atoms with E-state index < -0.39 is 11.9 Å². The Kier molecular flexibility index (Phi) is 12.0. The molecule has 1 aliphatic carbocycles. The van der Waals surface area contributed by atoms with Crippen LogP contribution in [0.5, 0.6) is 0 Å². The number of unbranched alkanes of at least 4 members (excludes halogenated alkanes) is 1. The third-order valence-corrected chi connectivity index (χ3v) is 9.55. The van der Waals surface area contributed by atoms with E-state index in [4.69, 9.17) is 9.26 Å². The van der Waals surface area contributed by atoms with Gasteiger partial charge in [0.2, 0.25) is 11.8 Å². The fraction of sp³-hybridized carbons (Fsp3) is 0.618. The Hall–Kier alpha value is -3.93. The number of carbonyl (C=O) groups excluding carboxylic acids is 4. The first kappa shape index (κ1) is 33.4. The third-order valence-electron chi connectivity index (χ3n) is 9.55. The van der Waals surface area contributed by atoms with Crippen LogP contribution in [0.2, 0.25) is 0 Å². The molecule has 1 aromatic heterocycles. The predicted octanol–water partition coefficient (Wildman–Crippen LogP) is 3.59. The first-order valence-corrected chi connectivity index (χ1v) is 16.9. The lowest BCUT2D eigenvalue weighted by atomic mass is 9.81. The number of nitrogens with zero attached hydrogens (tertiary/aromatic N) is 2. The maximum Gasteiger partial charge on any atom is 0.410 e. The Bertz CT molecular complexity index is 1330. The minimum absolute atomic E-state index is 0.0130. The first-order valence-electron chi connectivity index (χ1n) is 16.9. The molecular formula is C34H48N6O6. The quantitative estimate of drug-likeness (QED) is 0.321. The molecule has 2 aromatic rings. The second-order valence-corrected chi connectivity index (χ2v) is 12.9. The summed E-state index contributed by atoms with van der Waals surface area (Å²) in [6.07, 6.45) is 8.25. The van der Waals surface area contributed by atoms with Gasteiger partial charge in [0.15, 0.2) is 5.76 Å². The van der Waals surface area contributed by atoms with Crippen molar-refractivity contribution in [2.24, 2.45) is 11.8 Å². The van der Waals surface area contributed by atoms with E-state index in [0.29, 0.717) is 50.6 Å². The van der Waals surface area contributed by atoms with Crippen LogP contribution in [-0.4, -0.2) is 72.1 Å². The monoisotopic (exact) mass is 636 g/mol. The molecule has 3 heterocycles. The van der Waals surface area contributed by atoms with Gasteiger partial charge < -0.3 is 35.4 Å². The summed E-state index contributed by atoms with van der Waals surface area (Å²) in [5.41, 5.74) is 1.56. The Morgan fingerprint density at radius 2 is 1.85 bits per heavy atom. The number of benzene rings is 1. The number of hydrogen-bond donors (Lipinski definition) is 4. The maximum atomic E-state index is 13.5. The number of nitrogens with one attached hydrogen (secondary N) is 4.